The third-order valence-electron chi connectivity index (χ3n) is 2.39. The number of hydrogen-bond acceptors (Lipinski definition) is 4. The largest absolute Gasteiger partial charge is 0.384 e. The maximum Gasteiger partial charge on any atom is 0.128 e. The first-order valence-electron chi connectivity index (χ1n) is 6.20. The SMILES string of the molecule is CCCNc1cccc(NCC(C)COC)n1. The number of nitrogens with zero attached hydrogens (tertiary/aromatic N) is 1. The van der Waals surface area contributed by atoms with Gasteiger partial charge in [0.05, 0.1) is 6.61 Å². The van der Waals surface area contributed by atoms with Gasteiger partial charge in [-0.25, -0.2) is 4.98 Å². The molecule has 2 N–H and O–H groups in total. The minimum Gasteiger partial charge on any atom is -0.384 e. The van der Waals surface area contributed by atoms with E-state index in [4.69, 9.17) is 4.74 Å². The molecule has 4 heteroatoms. The zero-order chi connectivity index (χ0) is 12.5. The molecule has 96 valence electrons. The van der Waals surface area contributed by atoms with Crippen LogP contribution in [0.15, 0.2) is 18.2 Å². The lowest BCUT2D eigenvalue weighted by atomic mass is 10.2. The molecule has 1 rings (SSSR count). The van der Waals surface area contributed by atoms with Gasteiger partial charge in [0.25, 0.3) is 0 Å². The van der Waals surface area contributed by atoms with E-state index in [1.807, 2.05) is 18.2 Å². The van der Waals surface area contributed by atoms with Crippen molar-refractivity contribution in [1.29, 1.82) is 0 Å². The van der Waals surface area contributed by atoms with Crippen molar-refractivity contribution >= 4 is 11.6 Å². The molecule has 0 aliphatic rings. The van der Waals surface area contributed by atoms with Crippen LogP contribution >= 0.6 is 0 Å². The number of nitrogens with one attached hydrogen (secondary N) is 2. The van der Waals surface area contributed by atoms with Gasteiger partial charge < -0.3 is 15.4 Å². The van der Waals surface area contributed by atoms with Gasteiger partial charge in [-0.3, -0.25) is 0 Å². The molecule has 0 saturated carbocycles. The van der Waals surface area contributed by atoms with Crippen molar-refractivity contribution in [3.05, 3.63) is 18.2 Å². The number of ether oxygens (including phenoxy) is 1. The van der Waals surface area contributed by atoms with Crippen LogP contribution in [-0.2, 0) is 4.74 Å². The number of anilines is 2. The van der Waals surface area contributed by atoms with Gasteiger partial charge in [-0.05, 0) is 24.5 Å². The molecule has 1 unspecified atom stereocenters. The highest BCUT2D eigenvalue weighted by Gasteiger charge is 2.02. The summed E-state index contributed by atoms with van der Waals surface area (Å²) >= 11 is 0. The molecule has 0 aliphatic heterocycles. The van der Waals surface area contributed by atoms with Gasteiger partial charge in [0, 0.05) is 20.2 Å². The molecular weight excluding hydrogens is 214 g/mol. The third kappa shape index (κ3) is 5.54. The predicted molar refractivity (Wildman–Crippen MR) is 72.5 cm³/mol. The Kier molecular flexibility index (Phi) is 6.40. The van der Waals surface area contributed by atoms with Crippen LogP contribution in [0.1, 0.15) is 20.3 Å². The van der Waals surface area contributed by atoms with E-state index < -0.39 is 0 Å². The van der Waals surface area contributed by atoms with E-state index in [1.54, 1.807) is 7.11 Å². The fourth-order valence-electron chi connectivity index (χ4n) is 1.51. The second-order valence-electron chi connectivity index (χ2n) is 4.28. The van der Waals surface area contributed by atoms with Gasteiger partial charge >= 0.3 is 0 Å². The first kappa shape index (κ1) is 13.8. The summed E-state index contributed by atoms with van der Waals surface area (Å²) < 4.78 is 5.10. The van der Waals surface area contributed by atoms with Crippen LogP contribution in [-0.4, -0.2) is 31.8 Å². The van der Waals surface area contributed by atoms with Crippen molar-refractivity contribution in [3.63, 3.8) is 0 Å². The Morgan fingerprint density at radius 3 is 2.65 bits per heavy atom. The highest BCUT2D eigenvalue weighted by atomic mass is 16.5. The lowest BCUT2D eigenvalue weighted by Crippen LogP contribution is -2.16. The molecule has 0 bridgehead atoms. The topological polar surface area (TPSA) is 46.2 Å². The fraction of sp³-hybridized carbons (Fsp3) is 0.615. The summed E-state index contributed by atoms with van der Waals surface area (Å²) in [4.78, 5) is 4.48. The van der Waals surface area contributed by atoms with Crippen molar-refractivity contribution in [2.75, 3.05) is 37.4 Å². The highest BCUT2D eigenvalue weighted by molar-refractivity contribution is 5.44. The molecule has 0 saturated heterocycles. The van der Waals surface area contributed by atoms with Crippen LogP contribution in [0.5, 0.6) is 0 Å². The second kappa shape index (κ2) is 7.90. The molecule has 0 fully saturated rings. The lowest BCUT2D eigenvalue weighted by Gasteiger charge is -2.12. The first-order chi connectivity index (χ1) is 8.26. The fourth-order valence-corrected chi connectivity index (χ4v) is 1.51. The summed E-state index contributed by atoms with van der Waals surface area (Å²) in [7, 11) is 1.73. The van der Waals surface area contributed by atoms with Gasteiger partial charge in [0.1, 0.15) is 11.6 Å². The molecule has 0 radical (unpaired) electrons. The Hall–Kier alpha value is -1.29. The number of aromatic nitrogens is 1. The Bertz CT molecular complexity index is 317. The van der Waals surface area contributed by atoms with E-state index in [-0.39, 0.29) is 0 Å². The number of pyridine rings is 1. The van der Waals surface area contributed by atoms with E-state index in [2.05, 4.69) is 29.5 Å². The van der Waals surface area contributed by atoms with E-state index in [0.717, 1.165) is 37.8 Å². The van der Waals surface area contributed by atoms with Crippen molar-refractivity contribution in [2.24, 2.45) is 5.92 Å². The number of methoxy groups -OCH3 is 1. The molecule has 1 heterocycles. The quantitative estimate of drug-likeness (QED) is 0.729. The van der Waals surface area contributed by atoms with E-state index in [0.29, 0.717) is 5.92 Å². The summed E-state index contributed by atoms with van der Waals surface area (Å²) in [5, 5.41) is 6.59. The van der Waals surface area contributed by atoms with Gasteiger partial charge in [0.2, 0.25) is 0 Å². The lowest BCUT2D eigenvalue weighted by molar-refractivity contribution is 0.164. The van der Waals surface area contributed by atoms with Crippen molar-refractivity contribution in [1.82, 2.24) is 4.98 Å². The van der Waals surface area contributed by atoms with E-state index in [1.165, 1.54) is 0 Å². The van der Waals surface area contributed by atoms with Crippen LogP contribution in [0.3, 0.4) is 0 Å². The Balaban J connectivity index is 2.42. The summed E-state index contributed by atoms with van der Waals surface area (Å²) in [5.74, 6) is 2.32. The molecule has 4 nitrogen and oxygen atoms in total. The standard InChI is InChI=1S/C13H23N3O/c1-4-8-14-12-6-5-7-13(16-12)15-9-11(2)10-17-3/h5-7,11H,4,8-10H2,1-3H3,(H2,14,15,16). The number of rotatable bonds is 8. The zero-order valence-corrected chi connectivity index (χ0v) is 11.0. The number of hydrogen-bond donors (Lipinski definition) is 2. The first-order valence-corrected chi connectivity index (χ1v) is 6.20. The monoisotopic (exact) mass is 237 g/mol. The van der Waals surface area contributed by atoms with Crippen LogP contribution in [0.4, 0.5) is 11.6 Å². The molecule has 1 atom stereocenters. The Morgan fingerprint density at radius 1 is 1.29 bits per heavy atom. The van der Waals surface area contributed by atoms with Crippen LogP contribution < -0.4 is 10.6 Å². The minimum atomic E-state index is 0.481. The summed E-state index contributed by atoms with van der Waals surface area (Å²) in [6.45, 7) is 6.88. The second-order valence-corrected chi connectivity index (χ2v) is 4.28. The molecule has 0 aromatic carbocycles. The summed E-state index contributed by atoms with van der Waals surface area (Å²) in [6.07, 6.45) is 1.10. The van der Waals surface area contributed by atoms with E-state index >= 15 is 0 Å². The molecule has 0 aliphatic carbocycles. The molecule has 17 heavy (non-hydrogen) atoms. The minimum absolute atomic E-state index is 0.481. The van der Waals surface area contributed by atoms with Crippen LogP contribution in [0, 0.1) is 5.92 Å². The molecule has 0 amide bonds. The van der Waals surface area contributed by atoms with Crippen LogP contribution in [0.25, 0.3) is 0 Å². The normalized spacial score (nSPS) is 12.2. The van der Waals surface area contributed by atoms with Crippen molar-refractivity contribution < 1.29 is 4.74 Å². The predicted octanol–water partition coefficient (Wildman–Crippen LogP) is 2.60. The molecule has 1 aromatic heterocycles. The van der Waals surface area contributed by atoms with Gasteiger partial charge in [-0.15, -0.1) is 0 Å². The Morgan fingerprint density at radius 2 is 2.00 bits per heavy atom. The average Bonchev–Trinajstić information content (AvgIpc) is 2.35. The molecular formula is C13H23N3O. The van der Waals surface area contributed by atoms with Gasteiger partial charge in [0.15, 0.2) is 0 Å². The maximum absolute atomic E-state index is 5.10. The van der Waals surface area contributed by atoms with Crippen molar-refractivity contribution in [2.45, 2.75) is 20.3 Å². The summed E-state index contributed by atoms with van der Waals surface area (Å²) in [5.41, 5.74) is 0. The van der Waals surface area contributed by atoms with Crippen LogP contribution in [0.2, 0.25) is 0 Å². The Labute approximate surface area is 104 Å². The average molecular weight is 237 g/mol. The van der Waals surface area contributed by atoms with Crippen molar-refractivity contribution in [3.8, 4) is 0 Å². The molecule has 0 spiro atoms. The van der Waals surface area contributed by atoms with E-state index in [9.17, 15) is 0 Å². The summed E-state index contributed by atoms with van der Waals surface area (Å²) in [6, 6.07) is 5.98. The third-order valence-corrected chi connectivity index (χ3v) is 2.39. The molecule has 1 aromatic rings. The zero-order valence-electron chi connectivity index (χ0n) is 11.0. The van der Waals surface area contributed by atoms with Gasteiger partial charge in [-0.2, -0.15) is 0 Å². The maximum atomic E-state index is 5.10. The smallest absolute Gasteiger partial charge is 0.128 e. The van der Waals surface area contributed by atoms with Gasteiger partial charge in [-0.1, -0.05) is 19.9 Å². The highest BCUT2D eigenvalue weighted by Crippen LogP contribution is 2.09.